The van der Waals surface area contributed by atoms with E-state index >= 15 is 0 Å². The van der Waals surface area contributed by atoms with Gasteiger partial charge in [-0.25, -0.2) is 0 Å². The van der Waals surface area contributed by atoms with E-state index in [1.165, 1.54) is 0 Å². The summed E-state index contributed by atoms with van der Waals surface area (Å²) in [5, 5.41) is 3.01. The normalized spacial score (nSPS) is 9.19. The first-order valence-corrected chi connectivity index (χ1v) is 5.32. The molecule has 1 aromatic heterocycles. The molecule has 0 radical (unpaired) electrons. The van der Waals surface area contributed by atoms with Gasteiger partial charge in [0.05, 0.1) is 13.2 Å². The van der Waals surface area contributed by atoms with Crippen molar-refractivity contribution in [2.45, 2.75) is 20.3 Å². The molecule has 1 aromatic rings. The van der Waals surface area contributed by atoms with Gasteiger partial charge in [0.2, 0.25) is 11.2 Å². The Bertz CT molecular complexity index is 400. The number of nitrogens with zero attached hydrogens (tertiary/aromatic N) is 3. The number of nitrogens with one attached hydrogen (secondary N) is 1. The lowest BCUT2D eigenvalue weighted by atomic mass is 10.5. The van der Waals surface area contributed by atoms with Crippen LogP contribution in [0.5, 0.6) is 6.01 Å². The number of hydrogen-bond acceptors (Lipinski definition) is 5. The Balaban J connectivity index is 2.67. The van der Waals surface area contributed by atoms with Crippen LogP contribution in [0.4, 0.5) is 5.95 Å². The standard InChI is InChI=1S/C10H13ClN4O/c1-3-5-6-12-9-13-8(11)14-10(15-9)16-7-4-2/h4,6-7H2,1-2H3,(H,12,13,14,15). The molecule has 0 spiro atoms. The molecule has 0 amide bonds. The second-order valence-corrected chi connectivity index (χ2v) is 3.18. The Morgan fingerprint density at radius 2 is 2.19 bits per heavy atom. The molecule has 0 aliphatic rings. The largest absolute Gasteiger partial charge is 0.463 e. The van der Waals surface area contributed by atoms with Crippen molar-refractivity contribution in [2.75, 3.05) is 18.5 Å². The summed E-state index contributed by atoms with van der Waals surface area (Å²) >= 11 is 5.72. The van der Waals surface area contributed by atoms with Gasteiger partial charge in [-0.2, -0.15) is 15.0 Å². The zero-order valence-corrected chi connectivity index (χ0v) is 10.0. The number of hydrogen-bond donors (Lipinski definition) is 1. The highest BCUT2D eigenvalue weighted by molar-refractivity contribution is 6.28. The molecule has 1 N–H and O–H groups in total. The lowest BCUT2D eigenvalue weighted by Gasteiger charge is -2.05. The van der Waals surface area contributed by atoms with E-state index in [9.17, 15) is 0 Å². The molecule has 6 heteroatoms. The van der Waals surface area contributed by atoms with Crippen molar-refractivity contribution in [3.8, 4) is 17.9 Å². The molecule has 0 aliphatic heterocycles. The van der Waals surface area contributed by atoms with Gasteiger partial charge in [0.1, 0.15) is 0 Å². The second-order valence-electron chi connectivity index (χ2n) is 2.84. The van der Waals surface area contributed by atoms with E-state index in [0.29, 0.717) is 19.1 Å². The number of aromatic nitrogens is 3. The van der Waals surface area contributed by atoms with Crippen LogP contribution in [-0.4, -0.2) is 28.1 Å². The molecule has 5 nitrogen and oxygen atoms in total. The van der Waals surface area contributed by atoms with Gasteiger partial charge in [-0.15, -0.1) is 5.92 Å². The summed E-state index contributed by atoms with van der Waals surface area (Å²) in [5.74, 6) is 5.96. The number of ether oxygens (including phenoxy) is 1. The van der Waals surface area contributed by atoms with E-state index < -0.39 is 0 Å². The summed E-state index contributed by atoms with van der Waals surface area (Å²) in [5.41, 5.74) is 0. The van der Waals surface area contributed by atoms with E-state index in [-0.39, 0.29) is 11.3 Å². The maximum Gasteiger partial charge on any atom is 0.322 e. The summed E-state index contributed by atoms with van der Waals surface area (Å²) in [6.45, 7) is 4.77. The van der Waals surface area contributed by atoms with Gasteiger partial charge in [-0.1, -0.05) is 12.8 Å². The van der Waals surface area contributed by atoms with Crippen molar-refractivity contribution >= 4 is 17.5 Å². The third-order valence-corrected chi connectivity index (χ3v) is 1.70. The molecule has 0 aliphatic carbocycles. The summed E-state index contributed by atoms with van der Waals surface area (Å²) in [6.07, 6.45) is 0.882. The number of rotatable bonds is 5. The van der Waals surface area contributed by atoms with Gasteiger partial charge in [-0.3, -0.25) is 0 Å². The molecule has 0 saturated carbocycles. The smallest absolute Gasteiger partial charge is 0.322 e. The molecule has 0 saturated heterocycles. The van der Waals surface area contributed by atoms with Crippen molar-refractivity contribution in [1.29, 1.82) is 0 Å². The molecule has 0 bridgehead atoms. The van der Waals surface area contributed by atoms with Gasteiger partial charge in [0.25, 0.3) is 0 Å². The van der Waals surface area contributed by atoms with Gasteiger partial charge >= 0.3 is 6.01 Å². The third kappa shape index (κ3) is 4.32. The van der Waals surface area contributed by atoms with Crippen LogP contribution < -0.4 is 10.1 Å². The van der Waals surface area contributed by atoms with Crippen molar-refractivity contribution in [2.24, 2.45) is 0 Å². The SMILES string of the molecule is CC#CCNc1nc(Cl)nc(OCCC)n1. The highest BCUT2D eigenvalue weighted by Gasteiger charge is 2.04. The molecule has 0 aromatic carbocycles. The molecule has 86 valence electrons. The van der Waals surface area contributed by atoms with Gasteiger partial charge in [0, 0.05) is 0 Å². The van der Waals surface area contributed by atoms with Gasteiger partial charge in [0.15, 0.2) is 0 Å². The molecule has 1 heterocycles. The average Bonchev–Trinajstić information content (AvgIpc) is 2.26. The zero-order chi connectivity index (χ0) is 11.8. The fourth-order valence-electron chi connectivity index (χ4n) is 0.881. The Hall–Kier alpha value is -1.54. The first kappa shape index (κ1) is 12.5. The predicted molar refractivity (Wildman–Crippen MR) is 62.6 cm³/mol. The molecule has 0 atom stereocenters. The van der Waals surface area contributed by atoms with E-state index in [1.807, 2.05) is 6.92 Å². The average molecular weight is 241 g/mol. The fourth-order valence-corrected chi connectivity index (χ4v) is 1.03. The first-order chi connectivity index (χ1) is 7.76. The Kier molecular flexibility index (Phi) is 5.37. The van der Waals surface area contributed by atoms with Crippen LogP contribution in [0.3, 0.4) is 0 Å². The van der Waals surface area contributed by atoms with Crippen molar-refractivity contribution < 1.29 is 4.74 Å². The van der Waals surface area contributed by atoms with Gasteiger partial charge < -0.3 is 10.1 Å². The Morgan fingerprint density at radius 1 is 1.38 bits per heavy atom. The minimum atomic E-state index is 0.105. The van der Waals surface area contributed by atoms with Crippen LogP contribution in [0.25, 0.3) is 0 Å². The van der Waals surface area contributed by atoms with Crippen LogP contribution in [0.1, 0.15) is 20.3 Å². The van der Waals surface area contributed by atoms with E-state index in [4.69, 9.17) is 16.3 Å². The van der Waals surface area contributed by atoms with Crippen molar-refractivity contribution in [3.05, 3.63) is 5.28 Å². The van der Waals surface area contributed by atoms with Gasteiger partial charge in [-0.05, 0) is 24.9 Å². The van der Waals surface area contributed by atoms with Crippen LogP contribution in [0, 0.1) is 11.8 Å². The van der Waals surface area contributed by atoms with E-state index in [2.05, 4.69) is 32.1 Å². The highest BCUT2D eigenvalue weighted by atomic mass is 35.5. The Labute approximate surface area is 99.6 Å². The lowest BCUT2D eigenvalue weighted by Crippen LogP contribution is -2.07. The topological polar surface area (TPSA) is 59.9 Å². The maximum atomic E-state index is 5.72. The molecule has 0 unspecified atom stereocenters. The summed E-state index contributed by atoms with van der Waals surface area (Å²) in [4.78, 5) is 11.8. The third-order valence-electron chi connectivity index (χ3n) is 1.53. The summed E-state index contributed by atoms with van der Waals surface area (Å²) < 4.78 is 5.26. The monoisotopic (exact) mass is 240 g/mol. The highest BCUT2D eigenvalue weighted by Crippen LogP contribution is 2.11. The van der Waals surface area contributed by atoms with Crippen molar-refractivity contribution in [1.82, 2.24) is 15.0 Å². The van der Waals surface area contributed by atoms with Crippen LogP contribution in [0.2, 0.25) is 5.28 Å². The second kappa shape index (κ2) is 6.85. The lowest BCUT2D eigenvalue weighted by molar-refractivity contribution is 0.292. The molecular formula is C10H13ClN4O. The zero-order valence-electron chi connectivity index (χ0n) is 9.25. The molecular weight excluding hydrogens is 228 g/mol. The predicted octanol–water partition coefficient (Wildman–Crippen LogP) is 1.75. The van der Waals surface area contributed by atoms with Crippen LogP contribution in [0.15, 0.2) is 0 Å². The quantitative estimate of drug-likeness (QED) is 0.795. The number of halogens is 1. The van der Waals surface area contributed by atoms with Crippen LogP contribution >= 0.6 is 11.6 Å². The number of anilines is 1. The van der Waals surface area contributed by atoms with E-state index in [0.717, 1.165) is 6.42 Å². The fraction of sp³-hybridized carbons (Fsp3) is 0.500. The minimum Gasteiger partial charge on any atom is -0.463 e. The molecule has 1 rings (SSSR count). The summed E-state index contributed by atoms with van der Waals surface area (Å²) in [6, 6.07) is 0.230. The van der Waals surface area contributed by atoms with Crippen LogP contribution in [-0.2, 0) is 0 Å². The Morgan fingerprint density at radius 3 is 2.88 bits per heavy atom. The molecule has 0 fully saturated rings. The summed E-state index contributed by atoms with van der Waals surface area (Å²) in [7, 11) is 0. The minimum absolute atomic E-state index is 0.105. The molecule has 16 heavy (non-hydrogen) atoms. The first-order valence-electron chi connectivity index (χ1n) is 4.94. The maximum absolute atomic E-state index is 5.72. The van der Waals surface area contributed by atoms with Crippen molar-refractivity contribution in [3.63, 3.8) is 0 Å². The van der Waals surface area contributed by atoms with E-state index in [1.54, 1.807) is 6.92 Å².